The molecule has 2 unspecified atom stereocenters. The van der Waals surface area contributed by atoms with Crippen LogP contribution in [0.1, 0.15) is 32.3 Å². The van der Waals surface area contributed by atoms with Gasteiger partial charge in [0.05, 0.1) is 6.54 Å². The highest BCUT2D eigenvalue weighted by atomic mass is 16.3. The van der Waals surface area contributed by atoms with Gasteiger partial charge < -0.3 is 9.73 Å². The van der Waals surface area contributed by atoms with Gasteiger partial charge in [0, 0.05) is 6.04 Å². The zero-order valence-electron chi connectivity index (χ0n) is 11.8. The zero-order valence-corrected chi connectivity index (χ0v) is 11.8. The van der Waals surface area contributed by atoms with Crippen molar-refractivity contribution in [2.45, 2.75) is 40.3 Å². The highest BCUT2D eigenvalue weighted by Crippen LogP contribution is 2.14. The van der Waals surface area contributed by atoms with E-state index < -0.39 is 0 Å². The molecule has 0 fully saturated rings. The van der Waals surface area contributed by atoms with Crippen LogP contribution >= 0.6 is 0 Å². The fourth-order valence-electron chi connectivity index (χ4n) is 1.94. The monoisotopic (exact) mass is 238 g/mol. The molecule has 0 bridgehead atoms. The molecule has 1 aromatic rings. The summed E-state index contributed by atoms with van der Waals surface area (Å²) < 4.78 is 5.61. The van der Waals surface area contributed by atoms with Gasteiger partial charge in [0.1, 0.15) is 11.5 Å². The van der Waals surface area contributed by atoms with Crippen LogP contribution in [0.2, 0.25) is 0 Å². The minimum atomic E-state index is 0.541. The lowest BCUT2D eigenvalue weighted by molar-refractivity contribution is 0.176. The molecule has 1 aromatic heterocycles. The largest absolute Gasteiger partial charge is 0.465 e. The smallest absolute Gasteiger partial charge is 0.118 e. The third-order valence-corrected chi connectivity index (χ3v) is 3.44. The third-order valence-electron chi connectivity index (χ3n) is 3.44. The lowest BCUT2D eigenvalue weighted by Crippen LogP contribution is -2.38. The first-order valence-electron chi connectivity index (χ1n) is 6.50. The lowest BCUT2D eigenvalue weighted by atomic mass is 10.0. The van der Waals surface area contributed by atoms with Crippen LogP contribution in [-0.4, -0.2) is 31.1 Å². The molecule has 0 radical (unpaired) electrons. The molecule has 0 amide bonds. The van der Waals surface area contributed by atoms with Crippen molar-refractivity contribution < 1.29 is 4.42 Å². The predicted molar refractivity (Wildman–Crippen MR) is 72.1 cm³/mol. The molecule has 1 heterocycles. The van der Waals surface area contributed by atoms with Gasteiger partial charge in [-0.15, -0.1) is 0 Å². The number of nitrogens with one attached hydrogen (secondary N) is 1. The second-order valence-electron chi connectivity index (χ2n) is 4.95. The summed E-state index contributed by atoms with van der Waals surface area (Å²) in [6.45, 7) is 11.7. The molecule has 0 aliphatic heterocycles. The van der Waals surface area contributed by atoms with Gasteiger partial charge in [-0.2, -0.15) is 0 Å². The molecule has 98 valence electrons. The summed E-state index contributed by atoms with van der Waals surface area (Å²) >= 11 is 0. The highest BCUT2D eigenvalue weighted by Gasteiger charge is 2.17. The van der Waals surface area contributed by atoms with Crippen molar-refractivity contribution in [1.29, 1.82) is 0 Å². The van der Waals surface area contributed by atoms with Crippen molar-refractivity contribution in [2.75, 3.05) is 20.1 Å². The SMILES string of the molecule is CCNCC(C)C(C)N(C)Cc1ccc(C)o1. The quantitative estimate of drug-likeness (QED) is 0.791. The van der Waals surface area contributed by atoms with Crippen LogP contribution in [0.25, 0.3) is 0 Å². The van der Waals surface area contributed by atoms with Gasteiger partial charge in [0.2, 0.25) is 0 Å². The molecule has 1 rings (SSSR count). The van der Waals surface area contributed by atoms with Crippen LogP contribution in [0.3, 0.4) is 0 Å². The first kappa shape index (κ1) is 14.3. The Labute approximate surface area is 105 Å². The van der Waals surface area contributed by atoms with Crippen molar-refractivity contribution in [3.05, 3.63) is 23.7 Å². The second kappa shape index (κ2) is 6.82. The van der Waals surface area contributed by atoms with Crippen molar-refractivity contribution in [1.82, 2.24) is 10.2 Å². The number of furan rings is 1. The minimum absolute atomic E-state index is 0.541. The average molecular weight is 238 g/mol. The van der Waals surface area contributed by atoms with Crippen LogP contribution in [0, 0.1) is 12.8 Å². The number of aryl methyl sites for hydroxylation is 1. The molecular weight excluding hydrogens is 212 g/mol. The Hall–Kier alpha value is -0.800. The Morgan fingerprint density at radius 1 is 1.35 bits per heavy atom. The Morgan fingerprint density at radius 3 is 2.59 bits per heavy atom. The summed E-state index contributed by atoms with van der Waals surface area (Å²) in [4.78, 5) is 2.35. The summed E-state index contributed by atoms with van der Waals surface area (Å²) in [5.74, 6) is 2.67. The Bertz CT molecular complexity index is 322. The maximum Gasteiger partial charge on any atom is 0.118 e. The van der Waals surface area contributed by atoms with E-state index in [2.05, 4.69) is 44.1 Å². The van der Waals surface area contributed by atoms with Crippen LogP contribution in [0.4, 0.5) is 0 Å². The van der Waals surface area contributed by atoms with E-state index in [0.717, 1.165) is 31.2 Å². The van der Waals surface area contributed by atoms with Gasteiger partial charge in [0.15, 0.2) is 0 Å². The molecule has 0 saturated carbocycles. The maximum absolute atomic E-state index is 5.61. The van der Waals surface area contributed by atoms with E-state index in [0.29, 0.717) is 12.0 Å². The number of hydrogen-bond donors (Lipinski definition) is 1. The zero-order chi connectivity index (χ0) is 12.8. The predicted octanol–water partition coefficient (Wildman–Crippen LogP) is 2.65. The van der Waals surface area contributed by atoms with Crippen LogP contribution < -0.4 is 5.32 Å². The maximum atomic E-state index is 5.61. The van der Waals surface area contributed by atoms with Crippen molar-refractivity contribution in [3.8, 4) is 0 Å². The summed E-state index contributed by atoms with van der Waals surface area (Å²) in [6.07, 6.45) is 0. The van der Waals surface area contributed by atoms with E-state index in [-0.39, 0.29) is 0 Å². The van der Waals surface area contributed by atoms with Gasteiger partial charge >= 0.3 is 0 Å². The van der Waals surface area contributed by atoms with E-state index in [4.69, 9.17) is 4.42 Å². The van der Waals surface area contributed by atoms with E-state index in [1.54, 1.807) is 0 Å². The summed E-state index contributed by atoms with van der Waals surface area (Å²) in [6, 6.07) is 4.63. The van der Waals surface area contributed by atoms with Crippen LogP contribution in [0.5, 0.6) is 0 Å². The van der Waals surface area contributed by atoms with Crippen molar-refractivity contribution in [2.24, 2.45) is 5.92 Å². The summed E-state index contributed by atoms with van der Waals surface area (Å²) in [5.41, 5.74) is 0. The first-order valence-corrected chi connectivity index (χ1v) is 6.50. The van der Waals surface area contributed by atoms with E-state index in [1.807, 2.05) is 13.0 Å². The normalized spacial score (nSPS) is 15.2. The van der Waals surface area contributed by atoms with Crippen LogP contribution in [0.15, 0.2) is 16.5 Å². The lowest BCUT2D eigenvalue weighted by Gasteiger charge is -2.29. The fourth-order valence-corrected chi connectivity index (χ4v) is 1.94. The average Bonchev–Trinajstić information content (AvgIpc) is 2.70. The molecule has 3 heteroatoms. The molecule has 0 aromatic carbocycles. The van der Waals surface area contributed by atoms with Gasteiger partial charge in [-0.3, -0.25) is 4.90 Å². The Kier molecular flexibility index (Phi) is 5.72. The third kappa shape index (κ3) is 4.52. The molecular formula is C14H26N2O. The molecule has 2 atom stereocenters. The molecule has 1 N–H and O–H groups in total. The molecule has 3 nitrogen and oxygen atoms in total. The first-order chi connectivity index (χ1) is 8.04. The Balaban J connectivity index is 2.43. The van der Waals surface area contributed by atoms with Gasteiger partial charge in [-0.05, 0) is 52.0 Å². The standard InChI is InChI=1S/C14H26N2O/c1-6-15-9-11(2)13(4)16(5)10-14-8-7-12(3)17-14/h7-8,11,13,15H,6,9-10H2,1-5H3. The number of nitrogens with zero attached hydrogens (tertiary/aromatic N) is 1. The van der Waals surface area contributed by atoms with Gasteiger partial charge in [0.25, 0.3) is 0 Å². The molecule has 17 heavy (non-hydrogen) atoms. The molecule has 0 aliphatic carbocycles. The molecule has 0 aliphatic rings. The topological polar surface area (TPSA) is 28.4 Å². The highest BCUT2D eigenvalue weighted by molar-refractivity contribution is 5.05. The minimum Gasteiger partial charge on any atom is -0.465 e. The van der Waals surface area contributed by atoms with E-state index >= 15 is 0 Å². The summed E-state index contributed by atoms with van der Waals surface area (Å²) in [7, 11) is 2.16. The van der Waals surface area contributed by atoms with E-state index in [9.17, 15) is 0 Å². The van der Waals surface area contributed by atoms with Crippen molar-refractivity contribution >= 4 is 0 Å². The molecule has 0 spiro atoms. The fraction of sp³-hybridized carbons (Fsp3) is 0.714. The molecule has 0 saturated heterocycles. The van der Waals surface area contributed by atoms with Crippen LogP contribution in [-0.2, 0) is 6.54 Å². The number of rotatable bonds is 7. The Morgan fingerprint density at radius 2 is 2.06 bits per heavy atom. The number of hydrogen-bond acceptors (Lipinski definition) is 3. The second-order valence-corrected chi connectivity index (χ2v) is 4.95. The summed E-state index contributed by atoms with van der Waals surface area (Å²) in [5, 5.41) is 3.40. The van der Waals surface area contributed by atoms with Gasteiger partial charge in [-0.25, -0.2) is 0 Å². The van der Waals surface area contributed by atoms with Crippen molar-refractivity contribution in [3.63, 3.8) is 0 Å². The van der Waals surface area contributed by atoms with Gasteiger partial charge in [-0.1, -0.05) is 13.8 Å². The van der Waals surface area contributed by atoms with E-state index in [1.165, 1.54) is 0 Å².